The molecule has 0 aromatic carbocycles. The molecule has 2 fully saturated rings. The molecule has 2 atom stereocenters. The third-order valence-electron chi connectivity index (χ3n) is 2.79. The molecule has 0 spiro atoms. The summed E-state index contributed by atoms with van der Waals surface area (Å²) < 4.78 is 5.31. The van der Waals surface area contributed by atoms with Crippen molar-refractivity contribution in [3.63, 3.8) is 0 Å². The van der Waals surface area contributed by atoms with Crippen molar-refractivity contribution >= 4 is 0 Å². The summed E-state index contributed by atoms with van der Waals surface area (Å²) in [6.45, 7) is 4.92. The zero-order valence-corrected chi connectivity index (χ0v) is 7.41. The molecule has 2 heterocycles. The molecule has 0 aromatic rings. The smallest absolute Gasteiger partial charge is 0.0679 e. The molecule has 2 aliphatic heterocycles. The Labute approximate surface area is 73.3 Å². The van der Waals surface area contributed by atoms with Gasteiger partial charge >= 0.3 is 0 Å². The van der Waals surface area contributed by atoms with Gasteiger partial charge in [-0.2, -0.15) is 0 Å². The van der Waals surface area contributed by atoms with Crippen LogP contribution in [-0.2, 0) is 4.74 Å². The van der Waals surface area contributed by atoms with Gasteiger partial charge in [-0.05, 0) is 18.8 Å². The van der Waals surface area contributed by atoms with Gasteiger partial charge in [0.05, 0.1) is 12.7 Å². The van der Waals surface area contributed by atoms with Gasteiger partial charge in [0.2, 0.25) is 0 Å². The first-order valence-corrected chi connectivity index (χ1v) is 4.83. The molecule has 1 unspecified atom stereocenters. The van der Waals surface area contributed by atoms with E-state index in [-0.39, 0.29) is 6.10 Å². The van der Waals surface area contributed by atoms with Gasteiger partial charge in [0, 0.05) is 26.2 Å². The number of hydrogen-bond donors (Lipinski definition) is 1. The number of rotatable bonds is 2. The highest BCUT2D eigenvalue weighted by atomic mass is 16.5. The molecule has 70 valence electrons. The summed E-state index contributed by atoms with van der Waals surface area (Å²) in [6.07, 6.45) is 2.08. The summed E-state index contributed by atoms with van der Waals surface area (Å²) >= 11 is 0. The minimum atomic E-state index is -0.0766. The Balaban J connectivity index is 1.72. The number of likely N-dealkylation sites (tertiary alicyclic amines) is 1. The van der Waals surface area contributed by atoms with E-state index in [0.717, 1.165) is 45.2 Å². The molecule has 2 aliphatic rings. The fraction of sp³-hybridized carbons (Fsp3) is 1.00. The predicted molar refractivity (Wildman–Crippen MR) is 46.0 cm³/mol. The van der Waals surface area contributed by atoms with Crippen molar-refractivity contribution < 1.29 is 9.84 Å². The lowest BCUT2D eigenvalue weighted by atomic mass is 10.1. The van der Waals surface area contributed by atoms with E-state index >= 15 is 0 Å². The summed E-state index contributed by atoms with van der Waals surface area (Å²) in [4.78, 5) is 2.35. The number of aliphatic hydroxyl groups is 1. The molecule has 3 nitrogen and oxygen atoms in total. The molecule has 0 aromatic heterocycles. The second kappa shape index (κ2) is 3.73. The van der Waals surface area contributed by atoms with Gasteiger partial charge in [0.15, 0.2) is 0 Å². The monoisotopic (exact) mass is 171 g/mol. The predicted octanol–water partition coefficient (Wildman–Crippen LogP) is 0.0895. The second-order valence-corrected chi connectivity index (χ2v) is 3.93. The first-order chi connectivity index (χ1) is 5.84. The third-order valence-corrected chi connectivity index (χ3v) is 2.79. The highest BCUT2D eigenvalue weighted by Gasteiger charge is 2.24. The van der Waals surface area contributed by atoms with Crippen molar-refractivity contribution in [2.75, 3.05) is 32.8 Å². The highest BCUT2D eigenvalue weighted by molar-refractivity contribution is 4.77. The topological polar surface area (TPSA) is 32.7 Å². The lowest BCUT2D eigenvalue weighted by molar-refractivity contribution is 0.156. The minimum absolute atomic E-state index is 0.0766. The standard InChI is InChI=1S/C9H17NO2/c11-9-1-3-10(6-9)5-8-2-4-12-7-8/h8-9,11H,1-7H2/t8?,9-/m0/s1. The van der Waals surface area contributed by atoms with Crippen molar-refractivity contribution in [1.82, 2.24) is 4.90 Å². The van der Waals surface area contributed by atoms with E-state index in [4.69, 9.17) is 4.74 Å². The van der Waals surface area contributed by atoms with Gasteiger partial charge in [-0.15, -0.1) is 0 Å². The lowest BCUT2D eigenvalue weighted by Crippen LogP contribution is -2.28. The summed E-state index contributed by atoms with van der Waals surface area (Å²) in [7, 11) is 0. The Hall–Kier alpha value is -0.120. The van der Waals surface area contributed by atoms with Gasteiger partial charge < -0.3 is 14.7 Å². The van der Waals surface area contributed by atoms with Crippen LogP contribution in [0.25, 0.3) is 0 Å². The highest BCUT2D eigenvalue weighted by Crippen LogP contribution is 2.17. The zero-order chi connectivity index (χ0) is 8.39. The first-order valence-electron chi connectivity index (χ1n) is 4.83. The van der Waals surface area contributed by atoms with E-state index in [1.807, 2.05) is 0 Å². The summed E-state index contributed by atoms with van der Waals surface area (Å²) in [5, 5.41) is 9.30. The van der Waals surface area contributed by atoms with E-state index in [1.165, 1.54) is 6.42 Å². The molecule has 0 aliphatic carbocycles. The van der Waals surface area contributed by atoms with Crippen LogP contribution in [-0.4, -0.2) is 49.0 Å². The molecule has 0 bridgehead atoms. The largest absolute Gasteiger partial charge is 0.392 e. The van der Waals surface area contributed by atoms with Gasteiger partial charge in [0.25, 0.3) is 0 Å². The number of hydrogen-bond acceptors (Lipinski definition) is 3. The maximum Gasteiger partial charge on any atom is 0.0679 e. The van der Waals surface area contributed by atoms with E-state index in [1.54, 1.807) is 0 Å². The zero-order valence-electron chi connectivity index (χ0n) is 7.41. The second-order valence-electron chi connectivity index (χ2n) is 3.93. The lowest BCUT2D eigenvalue weighted by Gasteiger charge is -2.18. The molecule has 1 N–H and O–H groups in total. The molecule has 0 saturated carbocycles. The summed E-state index contributed by atoms with van der Waals surface area (Å²) in [5.41, 5.74) is 0. The average molecular weight is 171 g/mol. The fourth-order valence-corrected chi connectivity index (χ4v) is 2.07. The molecular weight excluding hydrogens is 154 g/mol. The Kier molecular flexibility index (Phi) is 2.63. The van der Waals surface area contributed by atoms with Crippen LogP contribution in [0.5, 0.6) is 0 Å². The molecule has 2 rings (SSSR count). The molecule has 0 amide bonds. The summed E-state index contributed by atoms with van der Waals surface area (Å²) in [5.74, 6) is 0.718. The van der Waals surface area contributed by atoms with Crippen molar-refractivity contribution in [3.05, 3.63) is 0 Å². The number of nitrogens with zero attached hydrogens (tertiary/aromatic N) is 1. The van der Waals surface area contributed by atoms with Crippen molar-refractivity contribution in [1.29, 1.82) is 0 Å². The molecule has 12 heavy (non-hydrogen) atoms. The van der Waals surface area contributed by atoms with Crippen LogP contribution in [0.4, 0.5) is 0 Å². The molecule has 2 saturated heterocycles. The first kappa shape index (κ1) is 8.48. The van der Waals surface area contributed by atoms with Crippen molar-refractivity contribution in [2.24, 2.45) is 5.92 Å². The van der Waals surface area contributed by atoms with Crippen LogP contribution in [0.15, 0.2) is 0 Å². The molecule has 3 heteroatoms. The number of aliphatic hydroxyl groups excluding tert-OH is 1. The Morgan fingerprint density at radius 3 is 2.92 bits per heavy atom. The Morgan fingerprint density at radius 1 is 1.42 bits per heavy atom. The van der Waals surface area contributed by atoms with Crippen LogP contribution in [0, 0.1) is 5.92 Å². The Bertz CT molecular complexity index is 145. The maximum atomic E-state index is 9.30. The average Bonchev–Trinajstić information content (AvgIpc) is 2.63. The van der Waals surface area contributed by atoms with Crippen LogP contribution < -0.4 is 0 Å². The van der Waals surface area contributed by atoms with Gasteiger partial charge in [-0.1, -0.05) is 0 Å². The SMILES string of the molecule is O[C@H]1CCN(CC2CCOC2)C1. The number of β-amino-alcohol motifs (C(OH)–C–C–N with tert-alkyl or cyclic N) is 1. The summed E-state index contributed by atoms with van der Waals surface area (Å²) in [6, 6.07) is 0. The molecule has 0 radical (unpaired) electrons. The van der Waals surface area contributed by atoms with Crippen molar-refractivity contribution in [3.8, 4) is 0 Å². The van der Waals surface area contributed by atoms with E-state index < -0.39 is 0 Å². The third kappa shape index (κ3) is 1.97. The normalized spacial score (nSPS) is 37.8. The Morgan fingerprint density at radius 2 is 2.33 bits per heavy atom. The quantitative estimate of drug-likeness (QED) is 0.639. The van der Waals surface area contributed by atoms with E-state index in [0.29, 0.717) is 0 Å². The van der Waals surface area contributed by atoms with Crippen LogP contribution in [0.3, 0.4) is 0 Å². The van der Waals surface area contributed by atoms with Crippen molar-refractivity contribution in [2.45, 2.75) is 18.9 Å². The van der Waals surface area contributed by atoms with Crippen LogP contribution in [0.2, 0.25) is 0 Å². The maximum absolute atomic E-state index is 9.30. The van der Waals surface area contributed by atoms with E-state index in [9.17, 15) is 5.11 Å². The van der Waals surface area contributed by atoms with E-state index in [2.05, 4.69) is 4.90 Å². The van der Waals surface area contributed by atoms with Gasteiger partial charge in [-0.3, -0.25) is 0 Å². The fourth-order valence-electron chi connectivity index (χ4n) is 2.07. The van der Waals surface area contributed by atoms with Crippen LogP contribution in [0.1, 0.15) is 12.8 Å². The van der Waals surface area contributed by atoms with Crippen LogP contribution >= 0.6 is 0 Å². The molecular formula is C9H17NO2. The van der Waals surface area contributed by atoms with Gasteiger partial charge in [-0.25, -0.2) is 0 Å². The van der Waals surface area contributed by atoms with Gasteiger partial charge in [0.1, 0.15) is 0 Å². The number of ether oxygens (including phenoxy) is 1. The minimum Gasteiger partial charge on any atom is -0.392 e.